The van der Waals surface area contributed by atoms with Gasteiger partial charge in [-0.1, -0.05) is 19.8 Å². The predicted octanol–water partition coefficient (Wildman–Crippen LogP) is 3.66. The van der Waals surface area contributed by atoms with E-state index in [1.807, 2.05) is 0 Å². The van der Waals surface area contributed by atoms with Crippen LogP contribution in [0.25, 0.3) is 0 Å². The van der Waals surface area contributed by atoms with Gasteiger partial charge >= 0.3 is 0 Å². The molecule has 156 valence electrons. The fourth-order valence-corrected chi connectivity index (χ4v) is 4.13. The highest BCUT2D eigenvalue weighted by Gasteiger charge is 2.28. The number of nitrogens with one attached hydrogen (secondary N) is 1. The minimum atomic E-state index is -0.541. The second-order valence-corrected chi connectivity index (χ2v) is 8.18. The van der Waals surface area contributed by atoms with Crippen molar-refractivity contribution >= 4 is 45.0 Å². The van der Waals surface area contributed by atoms with Crippen LogP contribution >= 0.6 is 15.9 Å². The molecule has 0 unspecified atom stereocenters. The maximum absolute atomic E-state index is 12.9. The largest absolute Gasteiger partial charge is 0.482 e. The number of fused-ring (bicyclic) bond motifs is 1. The molecule has 3 N–H and O–H groups in total. The van der Waals surface area contributed by atoms with Gasteiger partial charge in [-0.25, -0.2) is 0 Å². The molecule has 29 heavy (non-hydrogen) atoms. The normalized spacial score (nSPS) is 16.3. The lowest BCUT2D eigenvalue weighted by molar-refractivity contribution is -0.121. The van der Waals surface area contributed by atoms with Crippen LogP contribution in [0.15, 0.2) is 27.8 Å². The van der Waals surface area contributed by atoms with E-state index in [9.17, 15) is 14.4 Å². The van der Waals surface area contributed by atoms with E-state index in [-0.39, 0.29) is 18.4 Å². The fraction of sp³-hybridized carbons (Fsp3) is 0.476. The Kier molecular flexibility index (Phi) is 6.95. The van der Waals surface area contributed by atoms with Gasteiger partial charge in [0.05, 0.1) is 11.4 Å². The van der Waals surface area contributed by atoms with Crippen molar-refractivity contribution in [1.29, 1.82) is 0 Å². The van der Waals surface area contributed by atoms with E-state index in [4.69, 9.17) is 10.5 Å². The van der Waals surface area contributed by atoms with Crippen LogP contribution in [0, 0.1) is 0 Å². The van der Waals surface area contributed by atoms with E-state index in [1.54, 1.807) is 17.0 Å². The molecule has 8 heteroatoms. The maximum Gasteiger partial charge on any atom is 0.265 e. The number of benzene rings is 1. The summed E-state index contributed by atoms with van der Waals surface area (Å²) in [5.41, 5.74) is 7.47. The molecular weight excluding hydrogens is 438 g/mol. The average molecular weight is 464 g/mol. The summed E-state index contributed by atoms with van der Waals surface area (Å²) in [6, 6.07) is 3.50. The van der Waals surface area contributed by atoms with E-state index in [0.717, 1.165) is 32.1 Å². The number of anilines is 2. The second kappa shape index (κ2) is 9.43. The minimum absolute atomic E-state index is 0.00608. The van der Waals surface area contributed by atoms with Crippen LogP contribution in [0.5, 0.6) is 5.75 Å². The van der Waals surface area contributed by atoms with Crippen LogP contribution in [0.3, 0.4) is 0 Å². The van der Waals surface area contributed by atoms with Crippen LogP contribution < -0.4 is 20.7 Å². The Morgan fingerprint density at radius 1 is 1.21 bits per heavy atom. The third-order valence-electron chi connectivity index (χ3n) is 5.26. The third kappa shape index (κ3) is 4.80. The Morgan fingerprint density at radius 2 is 1.93 bits per heavy atom. The summed E-state index contributed by atoms with van der Waals surface area (Å²) >= 11 is 3.47. The third-order valence-corrected chi connectivity index (χ3v) is 5.92. The first-order valence-electron chi connectivity index (χ1n) is 10.0. The van der Waals surface area contributed by atoms with E-state index in [2.05, 4.69) is 28.2 Å². The highest BCUT2D eigenvalue weighted by Crippen LogP contribution is 2.40. The van der Waals surface area contributed by atoms with Crippen molar-refractivity contribution in [3.05, 3.63) is 27.8 Å². The van der Waals surface area contributed by atoms with E-state index in [0.29, 0.717) is 52.1 Å². The summed E-state index contributed by atoms with van der Waals surface area (Å²) in [5, 5.41) is 2.87. The summed E-state index contributed by atoms with van der Waals surface area (Å²) in [6.45, 7) is 2.72. The van der Waals surface area contributed by atoms with E-state index < -0.39 is 5.91 Å². The number of ether oxygens (including phenoxy) is 1. The highest BCUT2D eigenvalue weighted by molar-refractivity contribution is 9.10. The number of nitrogens with two attached hydrogens (primary N) is 1. The number of carbonyl (C=O) groups is 3. The van der Waals surface area contributed by atoms with Gasteiger partial charge in [0.2, 0.25) is 5.91 Å². The lowest BCUT2D eigenvalue weighted by atomic mass is 9.90. The standard InChI is InChI=1S/C21H26BrN3O4/c1-2-3-6-9-25-17-11-16(15(22)10-18(17)29-12-19(25)26)24-21(28)14-8-5-4-7-13(14)20(23)27/h10-11H,2-9,12H2,1H3,(H2,23,27)(H,24,28). The number of primary amides is 1. The van der Waals surface area contributed by atoms with Crippen molar-refractivity contribution in [3.8, 4) is 5.75 Å². The van der Waals surface area contributed by atoms with E-state index >= 15 is 0 Å². The molecule has 2 aliphatic rings. The average Bonchev–Trinajstić information content (AvgIpc) is 2.70. The molecule has 0 bridgehead atoms. The zero-order valence-corrected chi connectivity index (χ0v) is 18.1. The molecule has 0 saturated heterocycles. The molecule has 1 aromatic rings. The topological polar surface area (TPSA) is 102 Å². The number of rotatable bonds is 7. The summed E-state index contributed by atoms with van der Waals surface area (Å²) < 4.78 is 6.22. The minimum Gasteiger partial charge on any atom is -0.482 e. The fourth-order valence-electron chi connectivity index (χ4n) is 3.71. The second-order valence-electron chi connectivity index (χ2n) is 7.32. The van der Waals surface area contributed by atoms with Crippen LogP contribution in [-0.4, -0.2) is 30.9 Å². The first-order valence-corrected chi connectivity index (χ1v) is 10.8. The van der Waals surface area contributed by atoms with Crippen molar-refractivity contribution < 1.29 is 19.1 Å². The lowest BCUT2D eigenvalue weighted by Crippen LogP contribution is -2.39. The molecule has 0 atom stereocenters. The summed E-state index contributed by atoms with van der Waals surface area (Å²) in [4.78, 5) is 38.6. The van der Waals surface area contributed by atoms with Gasteiger partial charge in [-0.05, 0) is 60.2 Å². The molecule has 0 spiro atoms. The van der Waals surface area contributed by atoms with Gasteiger partial charge in [-0.3, -0.25) is 14.4 Å². The Hall–Kier alpha value is -2.35. The van der Waals surface area contributed by atoms with Gasteiger partial charge in [0.15, 0.2) is 6.61 Å². The number of nitrogens with zero attached hydrogens (tertiary/aromatic N) is 1. The number of carbonyl (C=O) groups excluding carboxylic acids is 3. The zero-order valence-electron chi connectivity index (χ0n) is 16.6. The van der Waals surface area contributed by atoms with Crippen LogP contribution in [0.2, 0.25) is 0 Å². The quantitative estimate of drug-likeness (QED) is 0.602. The van der Waals surface area contributed by atoms with Crippen LogP contribution in [0.4, 0.5) is 11.4 Å². The van der Waals surface area contributed by atoms with Gasteiger partial charge in [-0.2, -0.15) is 0 Å². The first kappa shape index (κ1) is 21.4. The van der Waals surface area contributed by atoms with Crippen LogP contribution in [-0.2, 0) is 14.4 Å². The smallest absolute Gasteiger partial charge is 0.265 e. The monoisotopic (exact) mass is 463 g/mol. The molecular formula is C21H26BrN3O4. The number of amides is 3. The van der Waals surface area contributed by atoms with Crippen molar-refractivity contribution in [1.82, 2.24) is 0 Å². The van der Waals surface area contributed by atoms with Gasteiger partial charge < -0.3 is 20.7 Å². The molecule has 3 rings (SSSR count). The number of hydrogen-bond donors (Lipinski definition) is 2. The summed E-state index contributed by atoms with van der Waals surface area (Å²) in [6.07, 6.45) is 5.74. The molecule has 0 fully saturated rings. The van der Waals surface area contributed by atoms with Gasteiger partial charge in [0, 0.05) is 22.2 Å². The van der Waals surface area contributed by atoms with Crippen LogP contribution in [0.1, 0.15) is 51.9 Å². The summed E-state index contributed by atoms with van der Waals surface area (Å²) in [7, 11) is 0. The van der Waals surface area contributed by atoms with Crippen molar-refractivity contribution in [2.75, 3.05) is 23.4 Å². The Bertz CT molecular complexity index is 866. The molecule has 3 amide bonds. The highest BCUT2D eigenvalue weighted by atomic mass is 79.9. The summed E-state index contributed by atoms with van der Waals surface area (Å²) in [5.74, 6) is -0.375. The number of hydrogen-bond acceptors (Lipinski definition) is 4. The Morgan fingerprint density at radius 3 is 2.62 bits per heavy atom. The Balaban J connectivity index is 1.88. The molecule has 0 aromatic heterocycles. The van der Waals surface area contributed by atoms with Crippen molar-refractivity contribution in [2.24, 2.45) is 5.73 Å². The predicted molar refractivity (Wildman–Crippen MR) is 115 cm³/mol. The molecule has 1 aliphatic heterocycles. The number of halogens is 1. The molecule has 1 heterocycles. The maximum atomic E-state index is 12.9. The molecule has 7 nitrogen and oxygen atoms in total. The Labute approximate surface area is 178 Å². The lowest BCUT2D eigenvalue weighted by Gasteiger charge is -2.30. The molecule has 0 saturated carbocycles. The van der Waals surface area contributed by atoms with Gasteiger partial charge in [0.1, 0.15) is 5.75 Å². The number of unbranched alkanes of at least 4 members (excludes halogenated alkanes) is 2. The van der Waals surface area contributed by atoms with Crippen molar-refractivity contribution in [3.63, 3.8) is 0 Å². The zero-order chi connectivity index (χ0) is 21.0. The molecule has 1 aromatic carbocycles. The van der Waals surface area contributed by atoms with E-state index in [1.165, 1.54) is 0 Å². The SMILES string of the molecule is CCCCCN1C(=O)COc2cc(Br)c(NC(=O)C3=C(C(N)=O)CCCC3)cc21. The van der Waals surface area contributed by atoms with Gasteiger partial charge in [-0.15, -0.1) is 0 Å². The first-order chi connectivity index (χ1) is 13.9. The molecule has 1 aliphatic carbocycles. The van der Waals surface area contributed by atoms with Crippen molar-refractivity contribution in [2.45, 2.75) is 51.9 Å². The van der Waals surface area contributed by atoms with Gasteiger partial charge in [0.25, 0.3) is 11.8 Å². The molecule has 0 radical (unpaired) electrons.